The first-order valence-electron chi connectivity index (χ1n) is 6.66. The third-order valence-electron chi connectivity index (χ3n) is 2.72. The van der Waals surface area contributed by atoms with Gasteiger partial charge in [0.1, 0.15) is 0 Å². The van der Waals surface area contributed by atoms with E-state index in [9.17, 15) is 8.42 Å². The van der Waals surface area contributed by atoms with Crippen LogP contribution >= 0.6 is 0 Å². The minimum absolute atomic E-state index is 0.348. The monoisotopic (exact) mass is 285 g/mol. The second kappa shape index (κ2) is 8.17. The molecule has 0 heterocycles. The van der Waals surface area contributed by atoms with E-state index < -0.39 is 9.84 Å². The first-order valence-corrected chi connectivity index (χ1v) is 8.55. The van der Waals surface area contributed by atoms with Crippen LogP contribution in [0, 0.1) is 0 Å². The molecule has 0 amide bonds. The Morgan fingerprint density at radius 1 is 1.11 bits per heavy atom. The maximum absolute atomic E-state index is 11.3. The van der Waals surface area contributed by atoms with Crippen molar-refractivity contribution in [3.63, 3.8) is 0 Å². The molecular formula is C14H23NO3S. The molecule has 0 aliphatic heterocycles. The number of ether oxygens (including phenoxy) is 1. The van der Waals surface area contributed by atoms with E-state index in [0.29, 0.717) is 4.90 Å². The van der Waals surface area contributed by atoms with Gasteiger partial charge in [0.05, 0.1) is 4.90 Å². The fourth-order valence-corrected chi connectivity index (χ4v) is 2.21. The van der Waals surface area contributed by atoms with Crippen molar-refractivity contribution in [1.29, 1.82) is 0 Å². The molecule has 0 radical (unpaired) electrons. The summed E-state index contributed by atoms with van der Waals surface area (Å²) in [4.78, 5) is 0.348. The number of unbranched alkanes of at least 4 members (excludes halogenated alkanes) is 1. The van der Waals surface area contributed by atoms with Crippen LogP contribution in [-0.2, 0) is 14.6 Å². The molecule has 108 valence electrons. The van der Waals surface area contributed by atoms with Crippen molar-refractivity contribution in [2.24, 2.45) is 0 Å². The third kappa shape index (κ3) is 6.59. The molecule has 0 spiro atoms. The average molecular weight is 285 g/mol. The lowest BCUT2D eigenvalue weighted by atomic mass is 10.3. The molecule has 0 aromatic heterocycles. The fraction of sp³-hybridized carbons (Fsp3) is 0.571. The maximum atomic E-state index is 11.3. The average Bonchev–Trinajstić information content (AvgIpc) is 2.37. The minimum atomic E-state index is -3.11. The number of anilines is 1. The molecule has 4 nitrogen and oxygen atoms in total. The maximum Gasteiger partial charge on any atom is 0.175 e. The molecule has 5 heteroatoms. The Balaban J connectivity index is 2.23. The molecule has 0 aliphatic rings. The summed E-state index contributed by atoms with van der Waals surface area (Å²) < 4.78 is 28.0. The van der Waals surface area contributed by atoms with Crippen molar-refractivity contribution in [3.8, 4) is 0 Å². The molecule has 1 rings (SSSR count). The number of benzene rings is 1. The van der Waals surface area contributed by atoms with Gasteiger partial charge in [-0.15, -0.1) is 0 Å². The molecule has 0 atom stereocenters. The Bertz CT molecular complexity index is 454. The van der Waals surface area contributed by atoms with E-state index in [1.807, 2.05) is 0 Å². The molecule has 0 unspecified atom stereocenters. The van der Waals surface area contributed by atoms with Crippen LogP contribution in [0.15, 0.2) is 29.2 Å². The van der Waals surface area contributed by atoms with Crippen LogP contribution in [0.2, 0.25) is 0 Å². The van der Waals surface area contributed by atoms with Crippen LogP contribution in [0.25, 0.3) is 0 Å². The van der Waals surface area contributed by atoms with Gasteiger partial charge in [0.15, 0.2) is 9.84 Å². The molecule has 1 aromatic carbocycles. The Morgan fingerprint density at radius 3 is 2.32 bits per heavy atom. The summed E-state index contributed by atoms with van der Waals surface area (Å²) in [5.41, 5.74) is 0.931. The Kier molecular flexibility index (Phi) is 6.87. The van der Waals surface area contributed by atoms with Crippen LogP contribution in [-0.4, -0.2) is 34.4 Å². The van der Waals surface area contributed by atoms with Gasteiger partial charge in [-0.1, -0.05) is 13.3 Å². The lowest BCUT2D eigenvalue weighted by molar-refractivity contribution is 0.131. The molecule has 19 heavy (non-hydrogen) atoms. The van der Waals surface area contributed by atoms with E-state index in [-0.39, 0.29) is 0 Å². The highest BCUT2D eigenvalue weighted by molar-refractivity contribution is 7.90. The van der Waals surface area contributed by atoms with Gasteiger partial charge in [0.2, 0.25) is 0 Å². The first-order chi connectivity index (χ1) is 9.04. The normalized spacial score (nSPS) is 11.5. The second-order valence-corrected chi connectivity index (χ2v) is 6.56. The summed E-state index contributed by atoms with van der Waals surface area (Å²) in [6.45, 7) is 4.56. The summed E-state index contributed by atoms with van der Waals surface area (Å²) in [6.07, 6.45) is 4.42. The van der Waals surface area contributed by atoms with Gasteiger partial charge in [-0.25, -0.2) is 8.42 Å². The van der Waals surface area contributed by atoms with Crippen LogP contribution in [0.4, 0.5) is 5.69 Å². The van der Waals surface area contributed by atoms with Crippen LogP contribution in [0.5, 0.6) is 0 Å². The summed E-state index contributed by atoms with van der Waals surface area (Å²) in [5.74, 6) is 0. The van der Waals surface area contributed by atoms with E-state index >= 15 is 0 Å². The minimum Gasteiger partial charge on any atom is -0.385 e. The van der Waals surface area contributed by atoms with Gasteiger partial charge in [0, 0.05) is 31.7 Å². The first kappa shape index (κ1) is 16.0. The highest BCUT2D eigenvalue weighted by atomic mass is 32.2. The summed E-state index contributed by atoms with van der Waals surface area (Å²) in [6, 6.07) is 6.81. The van der Waals surface area contributed by atoms with Crippen molar-refractivity contribution in [2.45, 2.75) is 31.1 Å². The predicted octanol–water partition coefficient (Wildman–Crippen LogP) is 2.71. The lowest BCUT2D eigenvalue weighted by Crippen LogP contribution is -2.06. The molecule has 0 bridgehead atoms. The second-order valence-electron chi connectivity index (χ2n) is 4.54. The van der Waals surface area contributed by atoms with Crippen molar-refractivity contribution < 1.29 is 13.2 Å². The summed E-state index contributed by atoms with van der Waals surface area (Å²) >= 11 is 0. The van der Waals surface area contributed by atoms with Crippen molar-refractivity contribution in [2.75, 3.05) is 31.3 Å². The van der Waals surface area contributed by atoms with Gasteiger partial charge >= 0.3 is 0 Å². The third-order valence-corrected chi connectivity index (χ3v) is 3.85. The Morgan fingerprint density at radius 2 is 1.74 bits per heavy atom. The largest absolute Gasteiger partial charge is 0.385 e. The molecular weight excluding hydrogens is 262 g/mol. The molecule has 0 aliphatic carbocycles. The van der Waals surface area contributed by atoms with E-state index in [2.05, 4.69) is 12.2 Å². The van der Waals surface area contributed by atoms with Gasteiger partial charge < -0.3 is 10.1 Å². The zero-order valence-electron chi connectivity index (χ0n) is 11.7. The Labute approximate surface area is 116 Å². The van der Waals surface area contributed by atoms with Gasteiger partial charge in [0.25, 0.3) is 0 Å². The summed E-state index contributed by atoms with van der Waals surface area (Å²) in [5, 5.41) is 3.24. The van der Waals surface area contributed by atoms with Crippen LogP contribution in [0.1, 0.15) is 26.2 Å². The standard InChI is InChI=1S/C14H23NO3S/c1-3-4-11-18-12-5-10-15-13-6-8-14(9-7-13)19(2,16)17/h6-9,15H,3-5,10-12H2,1-2H3. The van der Waals surface area contributed by atoms with E-state index in [1.54, 1.807) is 24.3 Å². The highest BCUT2D eigenvalue weighted by Gasteiger charge is 2.05. The Hall–Kier alpha value is -1.07. The SMILES string of the molecule is CCCCOCCCNc1ccc(S(C)(=O)=O)cc1. The fourth-order valence-electron chi connectivity index (χ4n) is 1.58. The lowest BCUT2D eigenvalue weighted by Gasteiger charge is -2.07. The predicted molar refractivity (Wildman–Crippen MR) is 78.4 cm³/mol. The molecule has 0 saturated heterocycles. The topological polar surface area (TPSA) is 55.4 Å². The number of hydrogen-bond acceptors (Lipinski definition) is 4. The highest BCUT2D eigenvalue weighted by Crippen LogP contribution is 2.13. The quantitative estimate of drug-likeness (QED) is 0.709. The van der Waals surface area contributed by atoms with E-state index in [1.165, 1.54) is 6.26 Å². The van der Waals surface area contributed by atoms with Gasteiger partial charge in [-0.05, 0) is 37.1 Å². The number of sulfone groups is 1. The van der Waals surface area contributed by atoms with Crippen molar-refractivity contribution >= 4 is 15.5 Å². The molecule has 0 fully saturated rings. The number of nitrogens with one attached hydrogen (secondary N) is 1. The van der Waals surface area contributed by atoms with Crippen LogP contribution < -0.4 is 5.32 Å². The van der Waals surface area contributed by atoms with Crippen LogP contribution in [0.3, 0.4) is 0 Å². The van der Waals surface area contributed by atoms with E-state index in [0.717, 1.165) is 44.7 Å². The smallest absolute Gasteiger partial charge is 0.175 e. The zero-order valence-corrected chi connectivity index (χ0v) is 12.5. The van der Waals surface area contributed by atoms with Crippen molar-refractivity contribution in [3.05, 3.63) is 24.3 Å². The van der Waals surface area contributed by atoms with Crippen molar-refractivity contribution in [1.82, 2.24) is 0 Å². The summed E-state index contributed by atoms with van der Waals surface area (Å²) in [7, 11) is -3.11. The molecule has 1 aromatic rings. The number of hydrogen-bond donors (Lipinski definition) is 1. The molecule has 0 saturated carbocycles. The molecule has 1 N–H and O–H groups in total. The van der Waals surface area contributed by atoms with Gasteiger partial charge in [-0.3, -0.25) is 0 Å². The van der Waals surface area contributed by atoms with E-state index in [4.69, 9.17) is 4.74 Å². The van der Waals surface area contributed by atoms with Gasteiger partial charge in [-0.2, -0.15) is 0 Å². The zero-order chi connectivity index (χ0) is 14.1. The number of rotatable bonds is 9.